The van der Waals surface area contributed by atoms with E-state index in [9.17, 15) is 0 Å². The Kier molecular flexibility index (Phi) is 0.943. The lowest BCUT2D eigenvalue weighted by Crippen LogP contribution is -1.96. The summed E-state index contributed by atoms with van der Waals surface area (Å²) in [6.45, 7) is 2.20. The first-order valence-corrected chi connectivity index (χ1v) is 3.98. The molecule has 0 bridgehead atoms. The predicted molar refractivity (Wildman–Crippen MR) is 38.5 cm³/mol. The molecule has 0 aromatic carbocycles. The third-order valence-electron chi connectivity index (χ3n) is 1.62. The molecule has 1 aromatic heterocycles. The fourth-order valence-corrected chi connectivity index (χ4v) is 1.45. The molecular formula is C7H8OS. The summed E-state index contributed by atoms with van der Waals surface area (Å²) >= 11 is 1.93. The smallest absolute Gasteiger partial charge is 0.120 e. The molecule has 0 aliphatic carbocycles. The van der Waals surface area contributed by atoms with Gasteiger partial charge in [0.2, 0.25) is 0 Å². The van der Waals surface area contributed by atoms with Crippen molar-refractivity contribution in [2.75, 3.05) is 5.75 Å². The van der Waals surface area contributed by atoms with E-state index in [0.717, 1.165) is 5.76 Å². The van der Waals surface area contributed by atoms with Crippen molar-refractivity contribution in [2.45, 2.75) is 11.7 Å². The first kappa shape index (κ1) is 5.42. The largest absolute Gasteiger partial charge is 0.468 e. The number of furan rings is 1. The summed E-state index contributed by atoms with van der Waals surface area (Å²) in [6.07, 6.45) is 1.74. The van der Waals surface area contributed by atoms with E-state index < -0.39 is 0 Å². The van der Waals surface area contributed by atoms with Gasteiger partial charge < -0.3 is 4.42 Å². The van der Waals surface area contributed by atoms with Gasteiger partial charge >= 0.3 is 0 Å². The molecule has 0 saturated carbocycles. The molecule has 1 unspecified atom stereocenters. The molecule has 48 valence electrons. The van der Waals surface area contributed by atoms with Crippen LogP contribution in [0.15, 0.2) is 22.8 Å². The molecule has 9 heavy (non-hydrogen) atoms. The average Bonchev–Trinajstić information content (AvgIpc) is 2.46. The van der Waals surface area contributed by atoms with Gasteiger partial charge in [0.05, 0.1) is 11.0 Å². The van der Waals surface area contributed by atoms with Crippen LogP contribution in [0.25, 0.3) is 0 Å². The van der Waals surface area contributed by atoms with Crippen molar-refractivity contribution in [1.29, 1.82) is 0 Å². The van der Waals surface area contributed by atoms with Gasteiger partial charge in [-0.15, -0.1) is 11.8 Å². The van der Waals surface area contributed by atoms with Gasteiger partial charge in [0.1, 0.15) is 5.76 Å². The van der Waals surface area contributed by atoms with Crippen molar-refractivity contribution < 1.29 is 4.42 Å². The number of thioether (sulfide) groups is 1. The lowest BCUT2D eigenvalue weighted by molar-refractivity contribution is 0.487. The van der Waals surface area contributed by atoms with Crippen molar-refractivity contribution in [3.63, 3.8) is 0 Å². The fourth-order valence-electron chi connectivity index (χ4n) is 0.830. The summed E-state index contributed by atoms with van der Waals surface area (Å²) in [5, 5.41) is 0. The van der Waals surface area contributed by atoms with E-state index in [-0.39, 0.29) is 0 Å². The highest BCUT2D eigenvalue weighted by Crippen LogP contribution is 2.52. The Balaban J connectivity index is 2.34. The van der Waals surface area contributed by atoms with E-state index >= 15 is 0 Å². The second-order valence-corrected chi connectivity index (χ2v) is 3.98. The van der Waals surface area contributed by atoms with Gasteiger partial charge in [-0.05, 0) is 19.1 Å². The van der Waals surface area contributed by atoms with Gasteiger partial charge in [-0.3, -0.25) is 0 Å². The molecule has 0 radical (unpaired) electrons. The summed E-state index contributed by atoms with van der Waals surface area (Å²) in [5.41, 5.74) is 0. The zero-order valence-electron chi connectivity index (χ0n) is 5.26. The van der Waals surface area contributed by atoms with Crippen LogP contribution in [0.5, 0.6) is 0 Å². The van der Waals surface area contributed by atoms with Crippen molar-refractivity contribution in [3.05, 3.63) is 24.2 Å². The summed E-state index contributed by atoms with van der Waals surface area (Å²) in [5.74, 6) is 2.33. The molecule has 2 rings (SSSR count). The second-order valence-electron chi connectivity index (χ2n) is 2.50. The quantitative estimate of drug-likeness (QED) is 0.555. The van der Waals surface area contributed by atoms with Crippen LogP contribution in [0.2, 0.25) is 0 Å². The fraction of sp³-hybridized carbons (Fsp3) is 0.429. The van der Waals surface area contributed by atoms with Gasteiger partial charge in [0.15, 0.2) is 0 Å². The van der Waals surface area contributed by atoms with Crippen LogP contribution in [0.1, 0.15) is 12.7 Å². The van der Waals surface area contributed by atoms with E-state index in [0.29, 0.717) is 4.75 Å². The van der Waals surface area contributed by atoms with Gasteiger partial charge in [-0.25, -0.2) is 0 Å². The van der Waals surface area contributed by atoms with Gasteiger partial charge in [-0.1, -0.05) is 0 Å². The van der Waals surface area contributed by atoms with Crippen LogP contribution in [-0.2, 0) is 4.75 Å². The molecule has 1 fully saturated rings. The molecule has 2 heterocycles. The van der Waals surface area contributed by atoms with Crippen molar-refractivity contribution in [2.24, 2.45) is 0 Å². The molecule has 1 aromatic rings. The number of hydrogen-bond acceptors (Lipinski definition) is 2. The Morgan fingerprint density at radius 1 is 1.78 bits per heavy atom. The average molecular weight is 140 g/mol. The summed E-state index contributed by atoms with van der Waals surface area (Å²) in [4.78, 5) is 0. The summed E-state index contributed by atoms with van der Waals surface area (Å²) < 4.78 is 5.56. The summed E-state index contributed by atoms with van der Waals surface area (Å²) in [6, 6.07) is 3.99. The number of rotatable bonds is 1. The first-order chi connectivity index (χ1) is 4.31. The molecular weight excluding hydrogens is 132 g/mol. The molecule has 1 saturated heterocycles. The van der Waals surface area contributed by atoms with E-state index in [1.165, 1.54) is 5.75 Å². The number of hydrogen-bond donors (Lipinski definition) is 0. The Labute approximate surface area is 58.4 Å². The van der Waals surface area contributed by atoms with E-state index in [1.807, 2.05) is 23.9 Å². The maximum absolute atomic E-state index is 5.24. The second kappa shape index (κ2) is 1.57. The standard InChI is InChI=1S/C7H8OS/c1-7(5-9-7)6-3-2-4-8-6/h2-4H,5H2,1H3. The lowest BCUT2D eigenvalue weighted by atomic mass is 10.2. The van der Waals surface area contributed by atoms with E-state index in [2.05, 4.69) is 6.92 Å². The maximum atomic E-state index is 5.24. The molecule has 1 aliphatic rings. The highest BCUT2D eigenvalue weighted by Gasteiger charge is 2.42. The zero-order chi connectivity index (χ0) is 6.32. The monoisotopic (exact) mass is 140 g/mol. The lowest BCUT2D eigenvalue weighted by Gasteiger charge is -1.97. The highest BCUT2D eigenvalue weighted by molar-refractivity contribution is 8.07. The Morgan fingerprint density at radius 2 is 2.56 bits per heavy atom. The van der Waals surface area contributed by atoms with E-state index in [1.54, 1.807) is 6.26 Å². The Morgan fingerprint density at radius 3 is 3.00 bits per heavy atom. The van der Waals surface area contributed by atoms with Crippen LogP contribution in [0.3, 0.4) is 0 Å². The topological polar surface area (TPSA) is 13.1 Å². The molecule has 1 aliphatic heterocycles. The zero-order valence-corrected chi connectivity index (χ0v) is 6.07. The minimum atomic E-state index is 0.323. The predicted octanol–water partition coefficient (Wildman–Crippen LogP) is 2.24. The van der Waals surface area contributed by atoms with Gasteiger partial charge in [0, 0.05) is 5.75 Å². The summed E-state index contributed by atoms with van der Waals surface area (Å²) in [7, 11) is 0. The van der Waals surface area contributed by atoms with Crippen LogP contribution in [-0.4, -0.2) is 5.75 Å². The maximum Gasteiger partial charge on any atom is 0.120 e. The van der Waals surface area contributed by atoms with Crippen LogP contribution >= 0.6 is 11.8 Å². The van der Waals surface area contributed by atoms with Crippen LogP contribution in [0.4, 0.5) is 0 Å². The van der Waals surface area contributed by atoms with Crippen molar-refractivity contribution in [1.82, 2.24) is 0 Å². The normalized spacial score (nSPS) is 32.6. The first-order valence-electron chi connectivity index (χ1n) is 2.99. The van der Waals surface area contributed by atoms with Gasteiger partial charge in [0.25, 0.3) is 0 Å². The molecule has 1 nitrogen and oxygen atoms in total. The van der Waals surface area contributed by atoms with Crippen LogP contribution < -0.4 is 0 Å². The minimum Gasteiger partial charge on any atom is -0.468 e. The molecule has 0 amide bonds. The molecule has 1 atom stereocenters. The van der Waals surface area contributed by atoms with Crippen molar-refractivity contribution in [3.8, 4) is 0 Å². The van der Waals surface area contributed by atoms with Gasteiger partial charge in [-0.2, -0.15) is 0 Å². The van der Waals surface area contributed by atoms with E-state index in [4.69, 9.17) is 4.42 Å². The molecule has 2 heteroatoms. The third kappa shape index (κ3) is 0.778. The molecule has 0 spiro atoms. The minimum absolute atomic E-state index is 0.323. The van der Waals surface area contributed by atoms with Crippen LogP contribution in [0, 0.1) is 0 Å². The SMILES string of the molecule is CC1(c2ccco2)CS1. The Hall–Kier alpha value is -0.370. The molecule has 0 N–H and O–H groups in total. The third-order valence-corrected chi connectivity index (χ3v) is 2.98. The highest BCUT2D eigenvalue weighted by atomic mass is 32.2. The van der Waals surface area contributed by atoms with Crippen molar-refractivity contribution >= 4 is 11.8 Å². The Bertz CT molecular complexity index is 199.